The van der Waals surface area contributed by atoms with Crippen molar-refractivity contribution >= 4 is 23.2 Å². The van der Waals surface area contributed by atoms with Crippen molar-refractivity contribution < 1.29 is 9.53 Å². The molecule has 0 spiro atoms. The Kier molecular flexibility index (Phi) is 6.23. The summed E-state index contributed by atoms with van der Waals surface area (Å²) in [5.74, 6) is 0.744. The fourth-order valence-corrected chi connectivity index (χ4v) is 4.48. The fraction of sp³-hybridized carbons (Fsp3) is 0.185. The van der Waals surface area contributed by atoms with Crippen LogP contribution in [0.25, 0.3) is 16.9 Å². The summed E-state index contributed by atoms with van der Waals surface area (Å²) in [5, 5.41) is 5.53. The lowest BCUT2D eigenvalue weighted by molar-refractivity contribution is 0.0737. The molecule has 0 atom stereocenters. The summed E-state index contributed by atoms with van der Waals surface area (Å²) in [7, 11) is 1.64. The summed E-state index contributed by atoms with van der Waals surface area (Å²) in [4.78, 5) is 17.8. The summed E-state index contributed by atoms with van der Waals surface area (Å²) in [6.07, 6.45) is 0. The number of halogens is 1. The quantitative estimate of drug-likeness (QED) is 0.402. The van der Waals surface area contributed by atoms with Crippen molar-refractivity contribution in [3.05, 3.63) is 95.6 Å². The van der Waals surface area contributed by atoms with Gasteiger partial charge in [-0.25, -0.2) is 4.68 Å². The summed E-state index contributed by atoms with van der Waals surface area (Å²) >= 11 is 6.38. The molecule has 1 aliphatic rings. The zero-order valence-corrected chi connectivity index (χ0v) is 19.7. The van der Waals surface area contributed by atoms with Gasteiger partial charge in [0, 0.05) is 31.7 Å². The zero-order valence-electron chi connectivity index (χ0n) is 18.9. The number of amides is 1. The van der Waals surface area contributed by atoms with Crippen molar-refractivity contribution in [2.24, 2.45) is 0 Å². The predicted octanol–water partition coefficient (Wildman–Crippen LogP) is 5.16. The first-order valence-corrected chi connectivity index (χ1v) is 11.6. The highest BCUT2D eigenvalue weighted by Gasteiger charge is 2.27. The zero-order chi connectivity index (χ0) is 23.5. The van der Waals surface area contributed by atoms with Crippen LogP contribution in [-0.4, -0.2) is 53.9 Å². The minimum atomic E-state index is -0.0325. The van der Waals surface area contributed by atoms with Crippen molar-refractivity contribution in [1.29, 1.82) is 0 Å². The highest BCUT2D eigenvalue weighted by Crippen LogP contribution is 2.28. The van der Waals surface area contributed by atoms with Crippen LogP contribution >= 0.6 is 11.6 Å². The van der Waals surface area contributed by atoms with Crippen molar-refractivity contribution in [3.63, 3.8) is 0 Å². The molecule has 6 nitrogen and oxygen atoms in total. The molecule has 0 aliphatic carbocycles. The summed E-state index contributed by atoms with van der Waals surface area (Å²) < 4.78 is 7.01. The molecule has 0 N–H and O–H groups in total. The molecule has 34 heavy (non-hydrogen) atoms. The number of hydrogen-bond donors (Lipinski definition) is 0. The molecule has 2 heterocycles. The Morgan fingerprint density at radius 1 is 0.882 bits per heavy atom. The third kappa shape index (κ3) is 4.37. The molecule has 0 radical (unpaired) electrons. The monoisotopic (exact) mass is 472 g/mol. The normalized spacial score (nSPS) is 13.7. The standard InChI is InChI=1S/C27H25ClN4O2/c1-34-22-13-11-20(12-14-22)24-19-26(32(29-24)21-7-3-2-4-8-21)27(33)31-17-15-30(16-18-31)25-10-6-5-9-23(25)28/h2-14,19H,15-18H2,1H3. The molecule has 1 fully saturated rings. The van der Waals surface area contributed by atoms with Crippen LogP contribution in [0.4, 0.5) is 5.69 Å². The second-order valence-electron chi connectivity index (χ2n) is 8.12. The van der Waals surface area contributed by atoms with E-state index >= 15 is 0 Å². The molecule has 1 aromatic heterocycles. The molecule has 0 saturated carbocycles. The van der Waals surface area contributed by atoms with Gasteiger partial charge in [-0.2, -0.15) is 5.10 Å². The van der Waals surface area contributed by atoms with Gasteiger partial charge in [0.25, 0.3) is 5.91 Å². The van der Waals surface area contributed by atoms with Gasteiger partial charge in [-0.15, -0.1) is 0 Å². The van der Waals surface area contributed by atoms with E-state index in [0.29, 0.717) is 18.8 Å². The van der Waals surface area contributed by atoms with E-state index in [1.165, 1.54) is 0 Å². The first-order chi connectivity index (χ1) is 16.6. The first kappa shape index (κ1) is 22.0. The number of ether oxygens (including phenoxy) is 1. The van der Waals surface area contributed by atoms with E-state index in [0.717, 1.165) is 46.5 Å². The smallest absolute Gasteiger partial charge is 0.272 e. The Morgan fingerprint density at radius 3 is 2.24 bits per heavy atom. The minimum Gasteiger partial charge on any atom is -0.497 e. The van der Waals surface area contributed by atoms with Gasteiger partial charge in [0.05, 0.1) is 29.2 Å². The van der Waals surface area contributed by atoms with Gasteiger partial charge < -0.3 is 14.5 Å². The summed E-state index contributed by atoms with van der Waals surface area (Å²) in [6.45, 7) is 2.67. The van der Waals surface area contributed by atoms with Crippen molar-refractivity contribution in [2.75, 3.05) is 38.2 Å². The van der Waals surface area contributed by atoms with E-state index in [4.69, 9.17) is 21.4 Å². The predicted molar refractivity (Wildman–Crippen MR) is 135 cm³/mol. The molecule has 4 aromatic rings. The number of anilines is 1. The van der Waals surface area contributed by atoms with Crippen molar-refractivity contribution in [2.45, 2.75) is 0 Å². The maximum Gasteiger partial charge on any atom is 0.272 e. The third-order valence-electron chi connectivity index (χ3n) is 6.08. The lowest BCUT2D eigenvalue weighted by atomic mass is 10.1. The lowest BCUT2D eigenvalue weighted by Gasteiger charge is -2.36. The highest BCUT2D eigenvalue weighted by atomic mass is 35.5. The second-order valence-corrected chi connectivity index (χ2v) is 8.53. The number of nitrogens with zero attached hydrogens (tertiary/aromatic N) is 4. The van der Waals surface area contributed by atoms with Gasteiger partial charge in [-0.3, -0.25) is 4.79 Å². The van der Waals surface area contributed by atoms with Crippen LogP contribution in [0.1, 0.15) is 10.5 Å². The van der Waals surface area contributed by atoms with E-state index in [1.807, 2.05) is 89.8 Å². The van der Waals surface area contributed by atoms with Crippen LogP contribution in [0.15, 0.2) is 84.9 Å². The molecule has 5 rings (SSSR count). The number of piperazine rings is 1. The Balaban J connectivity index is 1.42. The number of aromatic nitrogens is 2. The van der Waals surface area contributed by atoms with Crippen LogP contribution < -0.4 is 9.64 Å². The molecule has 1 aliphatic heterocycles. The largest absolute Gasteiger partial charge is 0.497 e. The van der Waals surface area contributed by atoms with E-state index in [2.05, 4.69) is 4.90 Å². The minimum absolute atomic E-state index is 0.0325. The molecular formula is C27H25ClN4O2. The Morgan fingerprint density at radius 2 is 1.56 bits per heavy atom. The second kappa shape index (κ2) is 9.61. The van der Waals surface area contributed by atoms with E-state index < -0.39 is 0 Å². The molecule has 0 unspecified atom stereocenters. The van der Waals surface area contributed by atoms with Gasteiger partial charge in [0.1, 0.15) is 11.4 Å². The molecule has 0 bridgehead atoms. The molecule has 7 heteroatoms. The SMILES string of the molecule is COc1ccc(-c2cc(C(=O)N3CCN(c4ccccc4Cl)CC3)n(-c3ccccc3)n2)cc1. The lowest BCUT2D eigenvalue weighted by Crippen LogP contribution is -2.49. The van der Waals surface area contributed by atoms with E-state index in [1.54, 1.807) is 11.8 Å². The first-order valence-electron chi connectivity index (χ1n) is 11.2. The fourth-order valence-electron chi connectivity index (χ4n) is 4.22. The highest BCUT2D eigenvalue weighted by molar-refractivity contribution is 6.33. The van der Waals surface area contributed by atoms with Gasteiger partial charge in [0.15, 0.2) is 0 Å². The van der Waals surface area contributed by atoms with Gasteiger partial charge in [-0.05, 0) is 54.6 Å². The molecule has 1 saturated heterocycles. The van der Waals surface area contributed by atoms with Gasteiger partial charge >= 0.3 is 0 Å². The van der Waals surface area contributed by atoms with E-state index in [9.17, 15) is 4.79 Å². The maximum absolute atomic E-state index is 13.6. The van der Waals surface area contributed by atoms with Gasteiger partial charge in [-0.1, -0.05) is 41.9 Å². The average Bonchev–Trinajstić information content (AvgIpc) is 3.35. The van der Waals surface area contributed by atoms with Crippen LogP contribution in [0.2, 0.25) is 5.02 Å². The van der Waals surface area contributed by atoms with Crippen LogP contribution in [0.5, 0.6) is 5.75 Å². The maximum atomic E-state index is 13.6. The Hall–Kier alpha value is -3.77. The summed E-state index contributed by atoms with van der Waals surface area (Å²) in [6, 6.07) is 27.1. The summed E-state index contributed by atoms with van der Waals surface area (Å²) in [5.41, 5.74) is 4.06. The number of carbonyl (C=O) groups excluding carboxylic acids is 1. The molecular weight excluding hydrogens is 448 g/mol. The van der Waals surface area contributed by atoms with Crippen molar-refractivity contribution in [1.82, 2.24) is 14.7 Å². The third-order valence-corrected chi connectivity index (χ3v) is 6.39. The number of rotatable bonds is 5. The number of para-hydroxylation sites is 2. The number of benzene rings is 3. The van der Waals surface area contributed by atoms with Gasteiger partial charge in [0.2, 0.25) is 0 Å². The topological polar surface area (TPSA) is 50.6 Å². The molecule has 172 valence electrons. The number of hydrogen-bond acceptors (Lipinski definition) is 4. The van der Waals surface area contributed by atoms with Crippen LogP contribution in [-0.2, 0) is 0 Å². The molecule has 3 aromatic carbocycles. The average molecular weight is 473 g/mol. The number of carbonyl (C=O) groups is 1. The van der Waals surface area contributed by atoms with Crippen molar-refractivity contribution in [3.8, 4) is 22.7 Å². The van der Waals surface area contributed by atoms with Crippen LogP contribution in [0.3, 0.4) is 0 Å². The number of methoxy groups -OCH3 is 1. The van der Waals surface area contributed by atoms with Crippen LogP contribution in [0, 0.1) is 0 Å². The molecule has 1 amide bonds. The Labute approximate surface area is 203 Å². The Bertz CT molecular complexity index is 1280. The van der Waals surface area contributed by atoms with E-state index in [-0.39, 0.29) is 5.91 Å².